The van der Waals surface area contributed by atoms with E-state index in [4.69, 9.17) is 0 Å². The Hall–Kier alpha value is -1.83. The molecule has 0 spiro atoms. The van der Waals surface area contributed by atoms with Crippen molar-refractivity contribution in [1.82, 2.24) is 20.4 Å². The molecular formula is C13H23N5O3. The number of likely N-dealkylation sites (N-methyl/N-ethyl adjacent to an activating group) is 1. The SMILES string of the molecule is CCCCN1C(=NCC(C)O)NC2C1C(=O)NC(=O)N2C. The van der Waals surface area contributed by atoms with E-state index in [1.807, 2.05) is 4.90 Å². The van der Waals surface area contributed by atoms with Crippen LogP contribution in [0.3, 0.4) is 0 Å². The number of hydrogen-bond acceptors (Lipinski definition) is 4. The van der Waals surface area contributed by atoms with Crippen molar-refractivity contribution in [2.75, 3.05) is 20.1 Å². The van der Waals surface area contributed by atoms with Gasteiger partial charge in [-0.3, -0.25) is 15.1 Å². The summed E-state index contributed by atoms with van der Waals surface area (Å²) < 4.78 is 0. The smallest absolute Gasteiger partial charge is 0.325 e. The van der Waals surface area contributed by atoms with Gasteiger partial charge in [-0.15, -0.1) is 0 Å². The van der Waals surface area contributed by atoms with Crippen LogP contribution in [0.1, 0.15) is 26.7 Å². The number of guanidine groups is 1. The van der Waals surface area contributed by atoms with E-state index in [0.29, 0.717) is 12.5 Å². The fourth-order valence-electron chi connectivity index (χ4n) is 2.51. The van der Waals surface area contributed by atoms with Crippen LogP contribution >= 0.6 is 0 Å². The number of aliphatic hydroxyl groups excluding tert-OH is 1. The molecule has 0 radical (unpaired) electrons. The number of nitrogens with zero attached hydrogens (tertiary/aromatic N) is 3. The van der Waals surface area contributed by atoms with Gasteiger partial charge in [0, 0.05) is 13.6 Å². The summed E-state index contributed by atoms with van der Waals surface area (Å²) in [7, 11) is 1.64. The van der Waals surface area contributed by atoms with E-state index in [2.05, 4.69) is 22.5 Å². The van der Waals surface area contributed by atoms with E-state index < -0.39 is 24.3 Å². The van der Waals surface area contributed by atoms with Crippen molar-refractivity contribution in [2.45, 2.75) is 45.0 Å². The highest BCUT2D eigenvalue weighted by atomic mass is 16.3. The minimum atomic E-state index is -0.553. The molecule has 0 bridgehead atoms. The third-order valence-corrected chi connectivity index (χ3v) is 3.68. The molecule has 0 aliphatic carbocycles. The van der Waals surface area contributed by atoms with E-state index in [1.165, 1.54) is 4.90 Å². The Bertz CT molecular complexity index is 451. The van der Waals surface area contributed by atoms with Crippen molar-refractivity contribution in [3.8, 4) is 0 Å². The lowest BCUT2D eigenvalue weighted by Crippen LogP contribution is -2.64. The lowest BCUT2D eigenvalue weighted by molar-refractivity contribution is -0.127. The molecule has 0 saturated carbocycles. The van der Waals surface area contributed by atoms with Crippen molar-refractivity contribution in [1.29, 1.82) is 0 Å². The third kappa shape index (κ3) is 3.10. The van der Waals surface area contributed by atoms with Crippen LogP contribution in [0.5, 0.6) is 0 Å². The summed E-state index contributed by atoms with van der Waals surface area (Å²) in [4.78, 5) is 31.5. The summed E-state index contributed by atoms with van der Waals surface area (Å²) in [6.07, 6.45) is 0.941. The molecule has 2 saturated heterocycles. The fraction of sp³-hybridized carbons (Fsp3) is 0.769. The molecule has 21 heavy (non-hydrogen) atoms. The van der Waals surface area contributed by atoms with Gasteiger partial charge in [-0.05, 0) is 13.3 Å². The van der Waals surface area contributed by atoms with Gasteiger partial charge in [0.15, 0.2) is 12.0 Å². The van der Waals surface area contributed by atoms with Crippen molar-refractivity contribution in [3.63, 3.8) is 0 Å². The maximum absolute atomic E-state index is 12.1. The average Bonchev–Trinajstić information content (AvgIpc) is 2.79. The van der Waals surface area contributed by atoms with Gasteiger partial charge in [0.05, 0.1) is 12.6 Å². The standard InChI is InChI=1S/C13H23N5O3/c1-4-5-6-18-9-10(15-12(18)14-7-8(2)19)17(3)13(21)16-11(9)20/h8-10,19H,4-7H2,1-3H3,(H,14,15)(H,16,20,21). The molecule has 0 aromatic carbocycles. The van der Waals surface area contributed by atoms with E-state index in [9.17, 15) is 14.7 Å². The zero-order valence-electron chi connectivity index (χ0n) is 12.7. The molecule has 8 nitrogen and oxygen atoms in total. The Morgan fingerprint density at radius 3 is 2.76 bits per heavy atom. The summed E-state index contributed by atoms with van der Waals surface area (Å²) in [5, 5.41) is 14.9. The van der Waals surface area contributed by atoms with Gasteiger partial charge in [0.1, 0.15) is 6.17 Å². The molecule has 3 atom stereocenters. The topological polar surface area (TPSA) is 97.3 Å². The van der Waals surface area contributed by atoms with E-state index >= 15 is 0 Å². The molecular weight excluding hydrogens is 274 g/mol. The number of unbranched alkanes of at least 4 members (excludes halogenated alkanes) is 1. The molecule has 3 unspecified atom stereocenters. The minimum absolute atomic E-state index is 0.254. The molecule has 2 aliphatic heterocycles. The average molecular weight is 297 g/mol. The quantitative estimate of drug-likeness (QED) is 0.624. The molecule has 118 valence electrons. The van der Waals surface area contributed by atoms with Crippen molar-refractivity contribution in [2.24, 2.45) is 4.99 Å². The number of carbonyl (C=O) groups excluding carboxylic acids is 2. The van der Waals surface area contributed by atoms with Gasteiger partial charge < -0.3 is 20.2 Å². The Morgan fingerprint density at radius 2 is 2.14 bits per heavy atom. The van der Waals surface area contributed by atoms with Crippen molar-refractivity contribution in [3.05, 3.63) is 0 Å². The van der Waals surface area contributed by atoms with Gasteiger partial charge in [-0.1, -0.05) is 13.3 Å². The largest absolute Gasteiger partial charge is 0.391 e. The molecule has 0 aromatic heterocycles. The summed E-state index contributed by atoms with van der Waals surface area (Å²) in [5.74, 6) is 0.255. The predicted octanol–water partition coefficient (Wildman–Crippen LogP) is -0.695. The Morgan fingerprint density at radius 1 is 1.43 bits per heavy atom. The maximum atomic E-state index is 12.1. The van der Waals surface area contributed by atoms with Gasteiger partial charge in [0.2, 0.25) is 0 Å². The summed E-state index contributed by atoms with van der Waals surface area (Å²) >= 11 is 0. The third-order valence-electron chi connectivity index (χ3n) is 3.68. The number of nitrogens with one attached hydrogen (secondary N) is 2. The monoisotopic (exact) mass is 297 g/mol. The van der Waals surface area contributed by atoms with E-state index in [0.717, 1.165) is 12.8 Å². The number of aliphatic hydroxyl groups is 1. The highest BCUT2D eigenvalue weighted by molar-refractivity contribution is 6.04. The first kappa shape index (κ1) is 15.6. The molecule has 2 fully saturated rings. The second-order valence-corrected chi connectivity index (χ2v) is 5.50. The van der Waals surface area contributed by atoms with Crippen LogP contribution in [0.4, 0.5) is 4.79 Å². The van der Waals surface area contributed by atoms with Crippen LogP contribution in [-0.2, 0) is 4.79 Å². The van der Waals surface area contributed by atoms with Crippen LogP contribution in [0.25, 0.3) is 0 Å². The highest BCUT2D eigenvalue weighted by Gasteiger charge is 2.49. The van der Waals surface area contributed by atoms with Crippen LogP contribution in [0.15, 0.2) is 4.99 Å². The molecule has 3 N–H and O–H groups in total. The molecule has 2 heterocycles. The number of hydrogen-bond donors (Lipinski definition) is 3. The van der Waals surface area contributed by atoms with Crippen LogP contribution in [-0.4, -0.2) is 71.3 Å². The minimum Gasteiger partial charge on any atom is -0.391 e. The zero-order valence-corrected chi connectivity index (χ0v) is 12.7. The molecule has 8 heteroatoms. The first-order chi connectivity index (χ1) is 9.95. The summed E-state index contributed by atoms with van der Waals surface area (Å²) in [5.41, 5.74) is 0. The lowest BCUT2D eigenvalue weighted by atomic mass is 10.1. The fourth-order valence-corrected chi connectivity index (χ4v) is 2.51. The van der Waals surface area contributed by atoms with Gasteiger partial charge in [-0.25, -0.2) is 4.79 Å². The number of imide groups is 1. The van der Waals surface area contributed by atoms with Crippen LogP contribution in [0, 0.1) is 0 Å². The molecule has 0 aromatic rings. The second kappa shape index (κ2) is 6.30. The lowest BCUT2D eigenvalue weighted by Gasteiger charge is -2.35. The number of fused-ring (bicyclic) bond motifs is 1. The molecule has 2 aliphatic rings. The number of urea groups is 1. The van der Waals surface area contributed by atoms with Gasteiger partial charge in [-0.2, -0.15) is 0 Å². The van der Waals surface area contributed by atoms with Gasteiger partial charge >= 0.3 is 6.03 Å². The Balaban J connectivity index is 2.24. The zero-order chi connectivity index (χ0) is 15.6. The van der Waals surface area contributed by atoms with Gasteiger partial charge in [0.25, 0.3) is 5.91 Å². The molecule has 2 rings (SSSR count). The number of carbonyl (C=O) groups is 2. The maximum Gasteiger partial charge on any atom is 0.325 e. The number of amides is 3. The Kier molecular flexibility index (Phi) is 4.66. The summed E-state index contributed by atoms with van der Waals surface area (Å²) in [6, 6.07) is -0.895. The van der Waals surface area contributed by atoms with Crippen molar-refractivity contribution >= 4 is 17.9 Å². The number of rotatable bonds is 5. The molecule has 3 amide bonds. The van der Waals surface area contributed by atoms with Crippen molar-refractivity contribution < 1.29 is 14.7 Å². The normalized spacial score (nSPS) is 28.5. The number of aliphatic imine (C=N–C) groups is 1. The first-order valence-electron chi connectivity index (χ1n) is 7.29. The summed E-state index contributed by atoms with van der Waals surface area (Å²) in [6.45, 7) is 4.66. The Labute approximate surface area is 124 Å². The van der Waals surface area contributed by atoms with Crippen LogP contribution in [0.2, 0.25) is 0 Å². The second-order valence-electron chi connectivity index (χ2n) is 5.50. The van der Waals surface area contributed by atoms with Crippen LogP contribution < -0.4 is 10.6 Å². The van der Waals surface area contributed by atoms with E-state index in [-0.39, 0.29) is 12.5 Å². The highest BCUT2D eigenvalue weighted by Crippen LogP contribution is 2.21. The van der Waals surface area contributed by atoms with E-state index in [1.54, 1.807) is 14.0 Å². The first-order valence-corrected chi connectivity index (χ1v) is 7.29. The predicted molar refractivity (Wildman–Crippen MR) is 77.6 cm³/mol.